The van der Waals surface area contributed by atoms with Crippen molar-refractivity contribution in [2.75, 3.05) is 6.61 Å². The monoisotopic (exact) mass is 170 g/mol. The van der Waals surface area contributed by atoms with E-state index in [-0.39, 0.29) is 12.0 Å². The Balaban J connectivity index is 2.20. The van der Waals surface area contributed by atoms with Gasteiger partial charge in [0.15, 0.2) is 0 Å². The highest BCUT2D eigenvalue weighted by molar-refractivity contribution is 5.07. The van der Waals surface area contributed by atoms with Crippen LogP contribution in [0.3, 0.4) is 0 Å². The van der Waals surface area contributed by atoms with E-state index in [9.17, 15) is 5.11 Å². The Bertz CT molecular complexity index is 167. The number of hydrogen-bond donors (Lipinski definition) is 2. The summed E-state index contributed by atoms with van der Waals surface area (Å²) in [5.74, 6) is 0. The van der Waals surface area contributed by atoms with E-state index in [1.165, 1.54) is 0 Å². The van der Waals surface area contributed by atoms with Gasteiger partial charge in [0.25, 0.3) is 0 Å². The Kier molecular flexibility index (Phi) is 1.92. The lowest BCUT2D eigenvalue weighted by molar-refractivity contribution is -0.0475. The van der Waals surface area contributed by atoms with Crippen LogP contribution in [0.5, 0.6) is 0 Å². The average Bonchev–Trinajstić information content (AvgIpc) is 2.42. The van der Waals surface area contributed by atoms with E-state index >= 15 is 0 Å². The molecule has 2 saturated carbocycles. The molecule has 0 heterocycles. The first-order valence-corrected chi connectivity index (χ1v) is 5.06. The van der Waals surface area contributed by atoms with E-state index in [4.69, 9.17) is 5.11 Å². The smallest absolute Gasteiger partial charge is 0.0704 e. The van der Waals surface area contributed by atoms with Gasteiger partial charge in [-0.15, -0.1) is 0 Å². The van der Waals surface area contributed by atoms with E-state index in [2.05, 4.69) is 0 Å². The number of rotatable bonds is 2. The van der Waals surface area contributed by atoms with Crippen LogP contribution in [-0.4, -0.2) is 22.4 Å². The lowest BCUT2D eigenvalue weighted by atomic mass is 9.74. The van der Waals surface area contributed by atoms with Gasteiger partial charge < -0.3 is 10.2 Å². The standard InChI is InChI=1S/C10H18O2/c11-8-7-9-3-1-5-10(9,12)6-2-4-9/h11-12H,1-8H2. The maximum atomic E-state index is 10.3. The largest absolute Gasteiger partial charge is 0.396 e. The highest BCUT2D eigenvalue weighted by atomic mass is 16.3. The van der Waals surface area contributed by atoms with Gasteiger partial charge in [0.1, 0.15) is 0 Å². The summed E-state index contributed by atoms with van der Waals surface area (Å²) >= 11 is 0. The second-order valence-electron chi connectivity index (χ2n) is 4.49. The Morgan fingerprint density at radius 2 is 1.58 bits per heavy atom. The van der Waals surface area contributed by atoms with Crippen molar-refractivity contribution in [3.63, 3.8) is 0 Å². The van der Waals surface area contributed by atoms with E-state index in [1.807, 2.05) is 0 Å². The van der Waals surface area contributed by atoms with Gasteiger partial charge in [-0.05, 0) is 44.9 Å². The molecule has 2 nitrogen and oxygen atoms in total. The summed E-state index contributed by atoms with van der Waals surface area (Å²) in [5, 5.41) is 19.3. The summed E-state index contributed by atoms with van der Waals surface area (Å²) in [7, 11) is 0. The topological polar surface area (TPSA) is 40.5 Å². The summed E-state index contributed by atoms with van der Waals surface area (Å²) in [4.78, 5) is 0. The number of aliphatic hydroxyl groups excluding tert-OH is 1. The third-order valence-electron chi connectivity index (χ3n) is 4.07. The Morgan fingerprint density at radius 1 is 1.00 bits per heavy atom. The molecule has 0 spiro atoms. The number of hydrogen-bond acceptors (Lipinski definition) is 2. The fraction of sp³-hybridized carbons (Fsp3) is 1.00. The molecule has 0 unspecified atom stereocenters. The highest BCUT2D eigenvalue weighted by Crippen LogP contribution is 2.58. The number of aliphatic hydroxyl groups is 2. The Morgan fingerprint density at radius 3 is 2.08 bits per heavy atom. The van der Waals surface area contributed by atoms with Gasteiger partial charge >= 0.3 is 0 Å². The molecule has 2 fully saturated rings. The molecule has 0 aromatic heterocycles. The highest BCUT2D eigenvalue weighted by Gasteiger charge is 2.55. The van der Waals surface area contributed by atoms with Gasteiger partial charge in [0.05, 0.1) is 5.60 Å². The molecule has 2 aliphatic carbocycles. The van der Waals surface area contributed by atoms with E-state index in [0.717, 1.165) is 44.9 Å². The maximum Gasteiger partial charge on any atom is 0.0704 e. The van der Waals surface area contributed by atoms with Gasteiger partial charge in [-0.25, -0.2) is 0 Å². The van der Waals surface area contributed by atoms with Crippen LogP contribution in [0, 0.1) is 5.41 Å². The summed E-state index contributed by atoms with van der Waals surface area (Å²) in [6.07, 6.45) is 7.30. The normalized spacial score (nSPS) is 46.5. The van der Waals surface area contributed by atoms with Crippen molar-refractivity contribution in [1.29, 1.82) is 0 Å². The molecular weight excluding hydrogens is 152 g/mol. The SMILES string of the molecule is OCCC12CCCC1(O)CCC2. The molecule has 0 aromatic rings. The molecule has 70 valence electrons. The minimum Gasteiger partial charge on any atom is -0.396 e. The lowest BCUT2D eigenvalue weighted by Gasteiger charge is -2.36. The first-order valence-electron chi connectivity index (χ1n) is 5.06. The van der Waals surface area contributed by atoms with Gasteiger partial charge in [-0.2, -0.15) is 0 Å². The Labute approximate surface area is 73.6 Å². The fourth-order valence-electron chi connectivity index (χ4n) is 3.38. The zero-order chi connectivity index (χ0) is 8.66. The quantitative estimate of drug-likeness (QED) is 0.658. The van der Waals surface area contributed by atoms with E-state index < -0.39 is 5.60 Å². The molecule has 0 aromatic carbocycles. The molecule has 0 radical (unpaired) electrons. The van der Waals surface area contributed by atoms with Gasteiger partial charge in [-0.3, -0.25) is 0 Å². The van der Waals surface area contributed by atoms with Crippen LogP contribution in [0.4, 0.5) is 0 Å². The van der Waals surface area contributed by atoms with Crippen LogP contribution >= 0.6 is 0 Å². The predicted molar refractivity (Wildman–Crippen MR) is 46.8 cm³/mol. The predicted octanol–water partition coefficient (Wildman–Crippen LogP) is 1.45. The molecular formula is C10H18O2. The zero-order valence-corrected chi connectivity index (χ0v) is 7.55. The van der Waals surface area contributed by atoms with Crippen molar-refractivity contribution in [3.8, 4) is 0 Å². The second-order valence-corrected chi connectivity index (χ2v) is 4.49. The van der Waals surface area contributed by atoms with Gasteiger partial charge in [0, 0.05) is 12.0 Å². The van der Waals surface area contributed by atoms with E-state index in [0.29, 0.717) is 0 Å². The second kappa shape index (κ2) is 2.71. The molecule has 2 heteroatoms. The Hall–Kier alpha value is -0.0800. The minimum atomic E-state index is -0.407. The van der Waals surface area contributed by atoms with Crippen molar-refractivity contribution >= 4 is 0 Å². The molecule has 12 heavy (non-hydrogen) atoms. The van der Waals surface area contributed by atoms with Crippen LogP contribution in [0.1, 0.15) is 44.9 Å². The third kappa shape index (κ3) is 0.944. The van der Waals surface area contributed by atoms with Crippen LogP contribution < -0.4 is 0 Å². The van der Waals surface area contributed by atoms with Crippen LogP contribution in [0.15, 0.2) is 0 Å². The van der Waals surface area contributed by atoms with Gasteiger partial charge in [-0.1, -0.05) is 0 Å². The molecule has 0 aliphatic heterocycles. The summed E-state index contributed by atoms with van der Waals surface area (Å²) in [6, 6.07) is 0. The van der Waals surface area contributed by atoms with Gasteiger partial charge in [0.2, 0.25) is 0 Å². The summed E-state index contributed by atoms with van der Waals surface area (Å²) < 4.78 is 0. The van der Waals surface area contributed by atoms with Crippen molar-refractivity contribution in [3.05, 3.63) is 0 Å². The third-order valence-corrected chi connectivity index (χ3v) is 4.07. The van der Waals surface area contributed by atoms with Crippen LogP contribution in [0.2, 0.25) is 0 Å². The molecule has 2 aliphatic rings. The summed E-state index contributed by atoms with van der Waals surface area (Å²) in [5.41, 5.74) is -0.308. The van der Waals surface area contributed by atoms with Crippen LogP contribution in [-0.2, 0) is 0 Å². The van der Waals surface area contributed by atoms with Crippen molar-refractivity contribution in [1.82, 2.24) is 0 Å². The van der Waals surface area contributed by atoms with Crippen molar-refractivity contribution in [2.45, 2.75) is 50.5 Å². The first kappa shape index (κ1) is 8.52. The molecule has 0 atom stereocenters. The minimum absolute atomic E-state index is 0.0990. The first-order chi connectivity index (χ1) is 5.72. The van der Waals surface area contributed by atoms with Crippen molar-refractivity contribution < 1.29 is 10.2 Å². The molecule has 2 N–H and O–H groups in total. The maximum absolute atomic E-state index is 10.3. The van der Waals surface area contributed by atoms with E-state index in [1.54, 1.807) is 0 Å². The average molecular weight is 170 g/mol. The lowest BCUT2D eigenvalue weighted by Crippen LogP contribution is -2.39. The summed E-state index contributed by atoms with van der Waals surface area (Å²) in [6.45, 7) is 0.238. The molecule has 2 rings (SSSR count). The zero-order valence-electron chi connectivity index (χ0n) is 7.55. The fourth-order valence-corrected chi connectivity index (χ4v) is 3.38. The molecule has 0 amide bonds. The molecule has 0 bridgehead atoms. The van der Waals surface area contributed by atoms with Crippen molar-refractivity contribution in [2.24, 2.45) is 5.41 Å². The molecule has 0 saturated heterocycles. The number of fused-ring (bicyclic) bond motifs is 1. The van der Waals surface area contributed by atoms with Crippen LogP contribution in [0.25, 0.3) is 0 Å².